The third kappa shape index (κ3) is 3.85. The molecule has 0 aliphatic carbocycles. The highest BCUT2D eigenvalue weighted by Crippen LogP contribution is 2.22. The van der Waals surface area contributed by atoms with Gasteiger partial charge >= 0.3 is 0 Å². The van der Waals surface area contributed by atoms with Crippen molar-refractivity contribution in [2.24, 2.45) is 0 Å². The summed E-state index contributed by atoms with van der Waals surface area (Å²) in [5.41, 5.74) is 1.22. The molecule has 3 rings (SSSR count). The molecular weight excluding hydrogens is 349 g/mol. The third-order valence-electron chi connectivity index (χ3n) is 4.30. The van der Waals surface area contributed by atoms with Crippen LogP contribution in [0.2, 0.25) is 0 Å². The summed E-state index contributed by atoms with van der Waals surface area (Å²) in [6.45, 7) is 0.119. The van der Waals surface area contributed by atoms with E-state index in [0.29, 0.717) is 16.7 Å². The molecule has 1 atom stereocenters. The van der Waals surface area contributed by atoms with E-state index in [9.17, 15) is 24.0 Å². The predicted molar refractivity (Wildman–Crippen MR) is 93.9 cm³/mol. The van der Waals surface area contributed by atoms with Crippen LogP contribution in [0, 0.1) is 17.1 Å². The van der Waals surface area contributed by atoms with Crippen LogP contribution >= 0.6 is 0 Å². The lowest BCUT2D eigenvalue weighted by molar-refractivity contribution is -0.121. The van der Waals surface area contributed by atoms with Crippen molar-refractivity contribution in [2.45, 2.75) is 18.9 Å². The van der Waals surface area contributed by atoms with Crippen molar-refractivity contribution < 1.29 is 18.8 Å². The number of carbonyl (C=O) groups excluding carboxylic acids is 3. The number of amides is 3. The first-order valence-electron chi connectivity index (χ1n) is 8.41. The van der Waals surface area contributed by atoms with Crippen LogP contribution in [0.3, 0.4) is 0 Å². The Labute approximate surface area is 155 Å². The van der Waals surface area contributed by atoms with Crippen LogP contribution < -0.4 is 5.32 Å². The maximum absolute atomic E-state index is 13.0. The molecule has 2 aromatic carbocycles. The Balaban J connectivity index is 1.53. The minimum atomic E-state index is -0.891. The van der Waals surface area contributed by atoms with Crippen molar-refractivity contribution in [3.05, 3.63) is 71.0 Å². The van der Waals surface area contributed by atoms with Crippen molar-refractivity contribution in [1.29, 1.82) is 5.26 Å². The second kappa shape index (κ2) is 7.79. The summed E-state index contributed by atoms with van der Waals surface area (Å²) >= 11 is 0. The molecule has 0 aromatic heterocycles. The quantitative estimate of drug-likeness (QED) is 0.797. The molecule has 0 radical (unpaired) electrons. The fraction of sp³-hybridized carbons (Fsp3) is 0.200. The lowest BCUT2D eigenvalue weighted by Gasteiger charge is -2.15. The van der Waals surface area contributed by atoms with Crippen molar-refractivity contribution in [1.82, 2.24) is 10.2 Å². The van der Waals surface area contributed by atoms with E-state index in [1.165, 1.54) is 24.3 Å². The summed E-state index contributed by atoms with van der Waals surface area (Å²) < 4.78 is 13.0. The SMILES string of the molecule is N#C[C@@H](NC(=O)CCCN1C(=O)c2ccccc2C1=O)c1ccc(F)cc1. The smallest absolute Gasteiger partial charge is 0.261 e. The number of hydrogen-bond acceptors (Lipinski definition) is 4. The number of benzene rings is 2. The van der Waals surface area contributed by atoms with Crippen LogP contribution in [0.25, 0.3) is 0 Å². The first kappa shape index (κ1) is 18.3. The van der Waals surface area contributed by atoms with Crippen LogP contribution in [0.5, 0.6) is 0 Å². The zero-order chi connectivity index (χ0) is 19.4. The molecule has 0 unspecified atom stereocenters. The van der Waals surface area contributed by atoms with Crippen LogP contribution in [0.1, 0.15) is 45.2 Å². The number of carbonyl (C=O) groups is 3. The molecule has 1 aliphatic heterocycles. The highest BCUT2D eigenvalue weighted by atomic mass is 19.1. The van der Waals surface area contributed by atoms with Gasteiger partial charge in [0.25, 0.3) is 11.8 Å². The van der Waals surface area contributed by atoms with Gasteiger partial charge in [0.05, 0.1) is 17.2 Å². The number of halogens is 1. The molecule has 0 saturated heterocycles. The van der Waals surface area contributed by atoms with Gasteiger partial charge in [-0.25, -0.2) is 4.39 Å². The number of nitrogens with one attached hydrogen (secondary N) is 1. The van der Waals surface area contributed by atoms with Gasteiger partial charge in [0, 0.05) is 13.0 Å². The average molecular weight is 365 g/mol. The fourth-order valence-electron chi connectivity index (χ4n) is 2.92. The topological polar surface area (TPSA) is 90.3 Å². The number of hydrogen-bond donors (Lipinski definition) is 1. The molecule has 0 spiro atoms. The van der Waals surface area contributed by atoms with E-state index in [1.54, 1.807) is 24.3 Å². The van der Waals surface area contributed by atoms with Crippen molar-refractivity contribution in [3.8, 4) is 6.07 Å². The Morgan fingerprint density at radius 2 is 1.67 bits per heavy atom. The van der Waals surface area contributed by atoms with E-state index in [4.69, 9.17) is 0 Å². The zero-order valence-corrected chi connectivity index (χ0v) is 14.3. The highest BCUT2D eigenvalue weighted by Gasteiger charge is 2.34. The van der Waals surface area contributed by atoms with Gasteiger partial charge in [0.15, 0.2) is 0 Å². The second-order valence-electron chi connectivity index (χ2n) is 6.09. The molecule has 1 aliphatic rings. The van der Waals surface area contributed by atoms with Crippen LogP contribution in [-0.4, -0.2) is 29.2 Å². The van der Waals surface area contributed by atoms with E-state index < -0.39 is 11.9 Å². The molecule has 0 saturated carbocycles. The van der Waals surface area contributed by atoms with Crippen molar-refractivity contribution in [2.75, 3.05) is 6.54 Å². The van der Waals surface area contributed by atoms with Crippen molar-refractivity contribution >= 4 is 17.7 Å². The number of nitriles is 1. The second-order valence-corrected chi connectivity index (χ2v) is 6.09. The number of imide groups is 1. The predicted octanol–water partition coefficient (Wildman–Crippen LogP) is 2.58. The van der Waals surface area contributed by atoms with Crippen LogP contribution in [0.4, 0.5) is 4.39 Å². The standard InChI is InChI=1S/C20H16FN3O3/c21-14-9-7-13(8-10-14)17(12-22)23-18(25)6-3-11-24-19(26)15-4-1-2-5-16(15)20(24)27/h1-2,4-5,7-10,17H,3,6,11H2,(H,23,25)/t17-/m1/s1. The summed E-state index contributed by atoms with van der Waals surface area (Å²) in [5.74, 6) is -1.54. The Kier molecular flexibility index (Phi) is 5.27. The van der Waals surface area contributed by atoms with Crippen LogP contribution in [-0.2, 0) is 4.79 Å². The Morgan fingerprint density at radius 3 is 2.22 bits per heavy atom. The summed E-state index contributed by atoms with van der Waals surface area (Å²) in [6.07, 6.45) is 0.325. The molecule has 136 valence electrons. The van der Waals surface area contributed by atoms with Gasteiger partial charge in [-0.1, -0.05) is 24.3 Å². The monoisotopic (exact) mass is 365 g/mol. The van der Waals surface area contributed by atoms with Gasteiger partial charge < -0.3 is 5.32 Å². The van der Waals surface area contributed by atoms with Crippen molar-refractivity contribution in [3.63, 3.8) is 0 Å². The maximum Gasteiger partial charge on any atom is 0.261 e. The Hall–Kier alpha value is -3.53. The summed E-state index contributed by atoms with van der Waals surface area (Å²) in [6, 6.07) is 12.9. The summed E-state index contributed by atoms with van der Waals surface area (Å²) in [4.78, 5) is 37.7. The van der Waals surface area contributed by atoms with Gasteiger partial charge in [-0.05, 0) is 36.2 Å². The molecule has 0 fully saturated rings. The maximum atomic E-state index is 13.0. The normalized spacial score (nSPS) is 13.9. The molecule has 1 heterocycles. The van der Waals surface area contributed by atoms with E-state index in [-0.39, 0.29) is 37.1 Å². The van der Waals surface area contributed by atoms with E-state index >= 15 is 0 Å². The Bertz CT molecular complexity index is 899. The highest BCUT2D eigenvalue weighted by molar-refractivity contribution is 6.21. The van der Waals surface area contributed by atoms with Crippen LogP contribution in [0.15, 0.2) is 48.5 Å². The molecule has 0 bridgehead atoms. The number of fused-ring (bicyclic) bond motifs is 1. The molecule has 7 heteroatoms. The Morgan fingerprint density at radius 1 is 1.07 bits per heavy atom. The van der Waals surface area contributed by atoms with Gasteiger partial charge in [0.2, 0.25) is 5.91 Å². The van der Waals surface area contributed by atoms with E-state index in [1.807, 2.05) is 6.07 Å². The third-order valence-corrected chi connectivity index (χ3v) is 4.30. The largest absolute Gasteiger partial charge is 0.337 e. The molecular formula is C20H16FN3O3. The van der Waals surface area contributed by atoms with E-state index in [0.717, 1.165) is 4.90 Å². The van der Waals surface area contributed by atoms with Gasteiger partial charge in [-0.3, -0.25) is 19.3 Å². The molecule has 27 heavy (non-hydrogen) atoms. The molecule has 3 amide bonds. The minimum absolute atomic E-state index is 0.0484. The molecule has 2 aromatic rings. The van der Waals surface area contributed by atoms with E-state index in [2.05, 4.69) is 5.32 Å². The number of rotatable bonds is 6. The fourth-order valence-corrected chi connectivity index (χ4v) is 2.92. The average Bonchev–Trinajstić information content (AvgIpc) is 2.92. The first-order chi connectivity index (χ1) is 13.0. The zero-order valence-electron chi connectivity index (χ0n) is 14.3. The summed E-state index contributed by atoms with van der Waals surface area (Å²) in [7, 11) is 0. The first-order valence-corrected chi connectivity index (χ1v) is 8.41. The minimum Gasteiger partial charge on any atom is -0.337 e. The van der Waals surface area contributed by atoms with Gasteiger partial charge in [0.1, 0.15) is 11.9 Å². The van der Waals surface area contributed by atoms with Gasteiger partial charge in [-0.2, -0.15) is 5.26 Å². The summed E-state index contributed by atoms with van der Waals surface area (Å²) in [5, 5.41) is 11.8. The lowest BCUT2D eigenvalue weighted by atomic mass is 10.1. The lowest BCUT2D eigenvalue weighted by Crippen LogP contribution is -2.32. The van der Waals surface area contributed by atoms with Gasteiger partial charge in [-0.15, -0.1) is 0 Å². The molecule has 6 nitrogen and oxygen atoms in total. The molecule has 1 N–H and O–H groups in total. The number of nitrogens with zero attached hydrogens (tertiary/aromatic N) is 2.